The van der Waals surface area contributed by atoms with Gasteiger partial charge in [-0.1, -0.05) is 36.4 Å². The van der Waals surface area contributed by atoms with E-state index in [-0.39, 0.29) is 0 Å². The first-order valence-electron chi connectivity index (χ1n) is 7.03. The maximum absolute atomic E-state index is 10.8. The van der Waals surface area contributed by atoms with Gasteiger partial charge >= 0.3 is 0 Å². The first-order valence-corrected chi connectivity index (χ1v) is 7.03. The molecule has 0 spiro atoms. The Hall–Kier alpha value is -2.31. The van der Waals surface area contributed by atoms with E-state index in [2.05, 4.69) is 6.07 Å². The van der Waals surface area contributed by atoms with Crippen molar-refractivity contribution in [2.75, 3.05) is 7.11 Å². The molecule has 2 atom stereocenters. The number of fused-ring (bicyclic) bond motifs is 1. The number of ether oxygens (including phenoxy) is 1. The summed E-state index contributed by atoms with van der Waals surface area (Å²) in [6, 6.07) is 17.5. The molecule has 0 saturated heterocycles. The Balaban J connectivity index is 2.02. The van der Waals surface area contributed by atoms with Crippen molar-refractivity contribution in [2.24, 2.45) is 0 Å². The number of nitriles is 1. The van der Waals surface area contributed by atoms with Crippen molar-refractivity contribution in [3.8, 4) is 11.8 Å². The molecule has 1 N–H and O–H groups in total. The van der Waals surface area contributed by atoms with E-state index in [4.69, 9.17) is 4.74 Å². The van der Waals surface area contributed by atoms with Crippen LogP contribution in [-0.2, 0) is 11.8 Å². The zero-order valence-corrected chi connectivity index (χ0v) is 11.9. The van der Waals surface area contributed by atoms with E-state index in [1.807, 2.05) is 48.5 Å². The molecule has 3 rings (SSSR count). The van der Waals surface area contributed by atoms with Crippen molar-refractivity contribution in [1.29, 1.82) is 5.26 Å². The van der Waals surface area contributed by atoms with Crippen molar-refractivity contribution in [1.82, 2.24) is 0 Å². The second kappa shape index (κ2) is 5.23. The minimum Gasteiger partial charge on any atom is -0.497 e. The van der Waals surface area contributed by atoms with Crippen LogP contribution in [0.3, 0.4) is 0 Å². The topological polar surface area (TPSA) is 53.2 Å². The number of aliphatic hydroxyl groups is 1. The number of methoxy groups -OCH3 is 1. The molecule has 3 nitrogen and oxygen atoms in total. The lowest BCUT2D eigenvalue weighted by Crippen LogP contribution is -2.29. The highest BCUT2D eigenvalue weighted by molar-refractivity contribution is 5.47. The van der Waals surface area contributed by atoms with Crippen molar-refractivity contribution in [3.05, 3.63) is 65.2 Å². The van der Waals surface area contributed by atoms with Gasteiger partial charge < -0.3 is 9.84 Å². The van der Waals surface area contributed by atoms with E-state index in [1.165, 1.54) is 0 Å². The number of aliphatic hydroxyl groups excluding tert-OH is 1. The maximum atomic E-state index is 10.8. The Bertz CT molecular complexity index is 687. The molecule has 2 unspecified atom stereocenters. The lowest BCUT2D eigenvalue weighted by molar-refractivity contribution is 0.111. The van der Waals surface area contributed by atoms with Crippen LogP contribution in [0, 0.1) is 11.3 Å². The van der Waals surface area contributed by atoms with E-state index >= 15 is 0 Å². The minimum atomic E-state index is -0.856. The van der Waals surface area contributed by atoms with Crippen LogP contribution in [0.1, 0.15) is 29.2 Å². The van der Waals surface area contributed by atoms with Crippen molar-refractivity contribution >= 4 is 0 Å². The van der Waals surface area contributed by atoms with Crippen molar-refractivity contribution in [2.45, 2.75) is 24.4 Å². The largest absolute Gasteiger partial charge is 0.497 e. The molecule has 0 amide bonds. The number of benzene rings is 2. The van der Waals surface area contributed by atoms with Gasteiger partial charge in [0.05, 0.1) is 13.2 Å². The van der Waals surface area contributed by atoms with Crippen molar-refractivity contribution < 1.29 is 9.84 Å². The Kier molecular flexibility index (Phi) is 3.40. The molecule has 3 heteroatoms. The standard InChI is InChI=1S/C18H17NO2/c1-21-15-8-6-14(7-9-15)17(20)18(12-19)11-10-13-4-2-3-5-16(13)18/h2-9,17,20H,10-11H2,1H3. The maximum Gasteiger partial charge on any atom is 0.118 e. The summed E-state index contributed by atoms with van der Waals surface area (Å²) >= 11 is 0. The van der Waals surface area contributed by atoms with E-state index < -0.39 is 11.5 Å². The smallest absolute Gasteiger partial charge is 0.118 e. The predicted octanol–water partition coefficient (Wildman–Crippen LogP) is 3.14. The Morgan fingerprint density at radius 2 is 1.90 bits per heavy atom. The molecule has 0 fully saturated rings. The highest BCUT2D eigenvalue weighted by atomic mass is 16.5. The Morgan fingerprint density at radius 3 is 2.57 bits per heavy atom. The van der Waals surface area contributed by atoms with Crippen molar-refractivity contribution in [3.63, 3.8) is 0 Å². The van der Waals surface area contributed by atoms with Crippen LogP contribution in [0.15, 0.2) is 48.5 Å². The quantitative estimate of drug-likeness (QED) is 0.939. The van der Waals surface area contributed by atoms with Gasteiger partial charge in [-0.05, 0) is 41.7 Å². The van der Waals surface area contributed by atoms with Crippen LogP contribution < -0.4 is 4.74 Å². The van der Waals surface area contributed by atoms with E-state index in [1.54, 1.807) is 7.11 Å². The molecule has 1 aliphatic carbocycles. The molecule has 2 aromatic rings. The molecule has 0 bridgehead atoms. The third-order valence-corrected chi connectivity index (χ3v) is 4.38. The lowest BCUT2D eigenvalue weighted by Gasteiger charge is -2.28. The Morgan fingerprint density at radius 1 is 1.19 bits per heavy atom. The monoisotopic (exact) mass is 279 g/mol. The number of hydrogen-bond donors (Lipinski definition) is 1. The first kappa shape index (κ1) is 13.7. The molecule has 0 aliphatic heterocycles. The molecule has 0 radical (unpaired) electrons. The molecule has 0 aromatic heterocycles. The molecular formula is C18H17NO2. The third-order valence-electron chi connectivity index (χ3n) is 4.38. The molecule has 106 valence electrons. The van der Waals surface area contributed by atoms with Crippen LogP contribution in [0.5, 0.6) is 5.75 Å². The number of aryl methyl sites for hydroxylation is 1. The summed E-state index contributed by atoms with van der Waals surface area (Å²) in [5.74, 6) is 0.740. The first-order chi connectivity index (χ1) is 10.2. The third kappa shape index (κ3) is 2.09. The van der Waals surface area contributed by atoms with Crippen LogP contribution in [-0.4, -0.2) is 12.2 Å². The van der Waals surface area contributed by atoms with Gasteiger partial charge in [-0.15, -0.1) is 0 Å². The van der Waals surface area contributed by atoms with E-state index in [0.717, 1.165) is 28.9 Å². The summed E-state index contributed by atoms with van der Waals surface area (Å²) in [7, 11) is 1.61. The molecule has 1 aliphatic rings. The Labute approximate surface area is 124 Å². The molecule has 21 heavy (non-hydrogen) atoms. The summed E-state index contributed by atoms with van der Waals surface area (Å²) < 4.78 is 5.14. The van der Waals surface area contributed by atoms with E-state index in [9.17, 15) is 10.4 Å². The molecule has 0 heterocycles. The summed E-state index contributed by atoms with van der Waals surface area (Å²) in [5, 5.41) is 20.6. The van der Waals surface area contributed by atoms with Gasteiger partial charge in [0, 0.05) is 0 Å². The SMILES string of the molecule is COc1ccc(C(O)C2(C#N)CCc3ccccc32)cc1. The fraction of sp³-hybridized carbons (Fsp3) is 0.278. The average Bonchev–Trinajstić information content (AvgIpc) is 2.94. The highest BCUT2D eigenvalue weighted by Crippen LogP contribution is 2.47. The molecule has 2 aromatic carbocycles. The molecular weight excluding hydrogens is 262 g/mol. The average molecular weight is 279 g/mol. The minimum absolute atomic E-state index is 0.649. The van der Waals surface area contributed by atoms with Gasteiger partial charge in [0.2, 0.25) is 0 Å². The van der Waals surface area contributed by atoms with Crippen LogP contribution in [0.4, 0.5) is 0 Å². The number of hydrogen-bond acceptors (Lipinski definition) is 3. The molecule has 0 saturated carbocycles. The fourth-order valence-electron chi connectivity index (χ4n) is 3.17. The highest BCUT2D eigenvalue weighted by Gasteiger charge is 2.45. The number of rotatable bonds is 3. The van der Waals surface area contributed by atoms with Gasteiger partial charge in [-0.3, -0.25) is 0 Å². The summed E-state index contributed by atoms with van der Waals surface area (Å²) in [6.07, 6.45) is 0.643. The normalized spacial score (nSPS) is 21.4. The fourth-order valence-corrected chi connectivity index (χ4v) is 3.17. The van der Waals surface area contributed by atoms with Gasteiger partial charge in [0.15, 0.2) is 0 Å². The van der Waals surface area contributed by atoms with Gasteiger partial charge in [-0.25, -0.2) is 0 Å². The second-order valence-electron chi connectivity index (χ2n) is 5.42. The van der Waals surface area contributed by atoms with Crippen LogP contribution in [0.25, 0.3) is 0 Å². The van der Waals surface area contributed by atoms with Gasteiger partial charge in [-0.2, -0.15) is 5.26 Å². The van der Waals surface area contributed by atoms with Crippen LogP contribution in [0.2, 0.25) is 0 Å². The van der Waals surface area contributed by atoms with E-state index in [0.29, 0.717) is 6.42 Å². The zero-order valence-electron chi connectivity index (χ0n) is 11.9. The summed E-state index contributed by atoms with van der Waals surface area (Å²) in [6.45, 7) is 0. The number of nitrogens with zero attached hydrogens (tertiary/aromatic N) is 1. The second-order valence-corrected chi connectivity index (χ2v) is 5.42. The van der Waals surface area contributed by atoms with Crippen LogP contribution >= 0.6 is 0 Å². The summed E-state index contributed by atoms with van der Waals surface area (Å²) in [4.78, 5) is 0. The lowest BCUT2D eigenvalue weighted by atomic mass is 9.75. The van der Waals surface area contributed by atoms with Gasteiger partial charge in [0.1, 0.15) is 17.3 Å². The summed E-state index contributed by atoms with van der Waals surface area (Å²) in [5.41, 5.74) is 2.00. The zero-order chi connectivity index (χ0) is 14.9. The van der Waals surface area contributed by atoms with Gasteiger partial charge in [0.25, 0.3) is 0 Å². The predicted molar refractivity (Wildman–Crippen MR) is 80.0 cm³/mol.